The summed E-state index contributed by atoms with van der Waals surface area (Å²) < 4.78 is 26.9. The molecule has 0 aliphatic carbocycles. The van der Waals surface area contributed by atoms with Crippen molar-refractivity contribution in [2.75, 3.05) is 0 Å². The minimum absolute atomic E-state index is 0.0387. The molecule has 1 nitrogen and oxygen atoms in total. The third kappa shape index (κ3) is 3.05. The molecule has 1 aliphatic rings. The number of thioether (sulfide) groups is 1. The Bertz CT molecular complexity index is 710. The Hall–Kier alpha value is -1.94. The van der Waals surface area contributed by atoms with Gasteiger partial charge in [-0.25, -0.2) is 8.78 Å². The molecule has 0 bridgehead atoms. The summed E-state index contributed by atoms with van der Waals surface area (Å²) in [6.45, 7) is 0. The minimum atomic E-state index is -0.643. The molecule has 1 unspecified atom stereocenters. The van der Waals surface area contributed by atoms with E-state index in [9.17, 15) is 13.6 Å². The van der Waals surface area contributed by atoms with Gasteiger partial charge in [0.15, 0.2) is 5.78 Å². The highest BCUT2D eigenvalue weighted by atomic mass is 32.2. The Morgan fingerprint density at radius 2 is 1.81 bits per heavy atom. The van der Waals surface area contributed by atoms with Gasteiger partial charge >= 0.3 is 0 Å². The fourth-order valence-electron chi connectivity index (χ4n) is 2.30. The van der Waals surface area contributed by atoms with E-state index in [1.807, 2.05) is 30.3 Å². The molecule has 4 heteroatoms. The number of halogens is 2. The van der Waals surface area contributed by atoms with E-state index < -0.39 is 11.6 Å². The highest BCUT2D eigenvalue weighted by molar-refractivity contribution is 8.08. The first-order chi connectivity index (χ1) is 10.1. The van der Waals surface area contributed by atoms with Crippen LogP contribution in [-0.2, 0) is 4.79 Å². The summed E-state index contributed by atoms with van der Waals surface area (Å²) in [5.41, 5.74) is 1.30. The van der Waals surface area contributed by atoms with Gasteiger partial charge < -0.3 is 0 Å². The van der Waals surface area contributed by atoms with Gasteiger partial charge in [-0.3, -0.25) is 4.79 Å². The highest BCUT2D eigenvalue weighted by Crippen LogP contribution is 2.45. The lowest BCUT2D eigenvalue weighted by Gasteiger charge is -2.22. The smallest absolute Gasteiger partial charge is 0.158 e. The Balaban J connectivity index is 1.94. The van der Waals surface area contributed by atoms with E-state index in [0.29, 0.717) is 11.3 Å². The summed E-state index contributed by atoms with van der Waals surface area (Å²) in [4.78, 5) is 12.5. The summed E-state index contributed by atoms with van der Waals surface area (Å²) >= 11 is 1.44. The van der Waals surface area contributed by atoms with Gasteiger partial charge in [0.1, 0.15) is 11.6 Å². The number of benzene rings is 2. The molecule has 1 aliphatic heterocycles. The van der Waals surface area contributed by atoms with Crippen LogP contribution in [0.1, 0.15) is 22.8 Å². The van der Waals surface area contributed by atoms with E-state index in [4.69, 9.17) is 0 Å². The lowest BCUT2D eigenvalue weighted by molar-refractivity contribution is -0.114. The second kappa shape index (κ2) is 5.82. The second-order valence-corrected chi connectivity index (χ2v) is 6.06. The van der Waals surface area contributed by atoms with Crippen LogP contribution in [0.2, 0.25) is 0 Å². The number of carbonyl (C=O) groups is 1. The second-order valence-electron chi connectivity index (χ2n) is 4.82. The van der Waals surface area contributed by atoms with Crippen LogP contribution < -0.4 is 0 Å². The molecule has 0 aromatic heterocycles. The number of hydrogen-bond donors (Lipinski definition) is 0. The van der Waals surface area contributed by atoms with Gasteiger partial charge in [0.05, 0.1) is 0 Å². The molecule has 1 heterocycles. The molecular weight excluding hydrogens is 290 g/mol. The molecule has 0 saturated carbocycles. The van der Waals surface area contributed by atoms with E-state index in [-0.39, 0.29) is 16.6 Å². The van der Waals surface area contributed by atoms with E-state index in [0.717, 1.165) is 11.6 Å². The Morgan fingerprint density at radius 1 is 1.05 bits per heavy atom. The third-order valence-corrected chi connectivity index (χ3v) is 4.63. The van der Waals surface area contributed by atoms with Crippen molar-refractivity contribution in [1.82, 2.24) is 0 Å². The largest absolute Gasteiger partial charge is 0.295 e. The maximum Gasteiger partial charge on any atom is 0.158 e. The van der Waals surface area contributed by atoms with E-state index in [2.05, 4.69) is 0 Å². The van der Waals surface area contributed by atoms with Crippen molar-refractivity contribution in [1.29, 1.82) is 0 Å². The molecule has 0 amide bonds. The molecule has 0 fully saturated rings. The predicted molar refractivity (Wildman–Crippen MR) is 80.7 cm³/mol. The first-order valence-corrected chi connectivity index (χ1v) is 7.43. The molecule has 0 radical (unpaired) electrons. The minimum Gasteiger partial charge on any atom is -0.295 e. The predicted octanol–water partition coefficient (Wildman–Crippen LogP) is 4.75. The van der Waals surface area contributed by atoms with Crippen molar-refractivity contribution in [3.05, 3.63) is 77.4 Å². The summed E-state index contributed by atoms with van der Waals surface area (Å²) in [5, 5.41) is -0.0387. The summed E-state index contributed by atoms with van der Waals surface area (Å²) in [6, 6.07) is 13.1. The number of hydrogen-bond acceptors (Lipinski definition) is 2. The molecule has 3 rings (SSSR count). The van der Waals surface area contributed by atoms with E-state index in [1.165, 1.54) is 30.0 Å². The fourth-order valence-corrected chi connectivity index (χ4v) is 3.64. The molecule has 106 valence electrons. The lowest BCUT2D eigenvalue weighted by atomic mass is 10.1. The summed E-state index contributed by atoms with van der Waals surface area (Å²) in [7, 11) is 0. The van der Waals surface area contributed by atoms with Gasteiger partial charge in [0.2, 0.25) is 0 Å². The number of rotatable bonds is 2. The zero-order chi connectivity index (χ0) is 14.8. The van der Waals surface area contributed by atoms with Gasteiger partial charge in [-0.1, -0.05) is 30.3 Å². The topological polar surface area (TPSA) is 17.1 Å². The lowest BCUT2D eigenvalue weighted by Crippen LogP contribution is -2.08. The van der Waals surface area contributed by atoms with Crippen molar-refractivity contribution >= 4 is 22.5 Å². The maximum atomic E-state index is 13.9. The zero-order valence-electron chi connectivity index (χ0n) is 11.1. The van der Waals surface area contributed by atoms with Crippen molar-refractivity contribution < 1.29 is 13.6 Å². The Kier molecular flexibility index (Phi) is 3.88. The number of ketones is 1. The first kappa shape index (κ1) is 14.0. The van der Waals surface area contributed by atoms with Gasteiger partial charge in [-0.05, 0) is 23.8 Å². The Morgan fingerprint density at radius 3 is 2.52 bits per heavy atom. The van der Waals surface area contributed by atoms with Crippen LogP contribution >= 0.6 is 11.8 Å². The van der Waals surface area contributed by atoms with Crippen LogP contribution in [-0.4, -0.2) is 5.78 Å². The van der Waals surface area contributed by atoms with Crippen molar-refractivity contribution in [2.24, 2.45) is 0 Å². The quantitative estimate of drug-likeness (QED) is 0.796. The van der Waals surface area contributed by atoms with Crippen molar-refractivity contribution in [3.8, 4) is 0 Å². The molecule has 0 N–H and O–H groups in total. The van der Waals surface area contributed by atoms with Gasteiger partial charge in [-0.2, -0.15) is 0 Å². The molecule has 0 saturated heterocycles. The van der Waals surface area contributed by atoms with Gasteiger partial charge in [-0.15, -0.1) is 11.8 Å². The zero-order valence-corrected chi connectivity index (χ0v) is 11.9. The average molecular weight is 302 g/mol. The average Bonchev–Trinajstić information content (AvgIpc) is 2.47. The van der Waals surface area contributed by atoms with E-state index in [1.54, 1.807) is 0 Å². The highest BCUT2D eigenvalue weighted by Gasteiger charge is 2.25. The molecule has 0 spiro atoms. The van der Waals surface area contributed by atoms with Crippen LogP contribution in [0.4, 0.5) is 8.78 Å². The molecule has 21 heavy (non-hydrogen) atoms. The van der Waals surface area contributed by atoms with Gasteiger partial charge in [0.25, 0.3) is 0 Å². The maximum absolute atomic E-state index is 13.9. The van der Waals surface area contributed by atoms with E-state index >= 15 is 0 Å². The third-order valence-electron chi connectivity index (χ3n) is 3.32. The Labute approximate surface area is 125 Å². The molecule has 1 atom stereocenters. The van der Waals surface area contributed by atoms with Crippen molar-refractivity contribution in [3.63, 3.8) is 0 Å². The van der Waals surface area contributed by atoms with Gasteiger partial charge in [0, 0.05) is 28.2 Å². The molecular formula is C17H12F2OS. The SMILES string of the molecule is O=C1C=C(c2ccc(F)cc2F)SC(c2ccccc2)C1. The van der Waals surface area contributed by atoms with Crippen LogP contribution in [0.3, 0.4) is 0 Å². The first-order valence-electron chi connectivity index (χ1n) is 6.55. The van der Waals surface area contributed by atoms with Crippen LogP contribution in [0.25, 0.3) is 4.91 Å². The molecule has 2 aromatic rings. The number of carbonyl (C=O) groups excluding carboxylic acids is 1. The van der Waals surface area contributed by atoms with Crippen molar-refractivity contribution in [2.45, 2.75) is 11.7 Å². The summed E-state index contributed by atoms with van der Waals surface area (Å²) in [6.07, 6.45) is 1.83. The normalized spacial score (nSPS) is 18.5. The summed E-state index contributed by atoms with van der Waals surface area (Å²) in [5.74, 6) is -1.31. The fraction of sp³-hybridized carbons (Fsp3) is 0.118. The molecule has 2 aromatic carbocycles. The monoisotopic (exact) mass is 302 g/mol. The van der Waals surface area contributed by atoms with Crippen LogP contribution in [0, 0.1) is 11.6 Å². The number of allylic oxidation sites excluding steroid dienone is 1. The van der Waals surface area contributed by atoms with Crippen LogP contribution in [0.5, 0.6) is 0 Å². The van der Waals surface area contributed by atoms with Crippen LogP contribution in [0.15, 0.2) is 54.6 Å². The standard InChI is InChI=1S/C17H12F2OS/c18-12-6-7-14(15(19)8-12)17-10-13(20)9-16(21-17)11-4-2-1-3-5-11/h1-8,10,16H,9H2.